The van der Waals surface area contributed by atoms with E-state index in [1.807, 2.05) is 62.3 Å². The molecule has 0 radical (unpaired) electrons. The van der Waals surface area contributed by atoms with Crippen molar-refractivity contribution in [1.29, 1.82) is 5.26 Å². The summed E-state index contributed by atoms with van der Waals surface area (Å²) in [5.41, 5.74) is -1.22. The second-order valence-electron chi connectivity index (χ2n) is 18.3. The van der Waals surface area contributed by atoms with Gasteiger partial charge in [0, 0.05) is 5.92 Å². The Bertz CT molecular complexity index is 1250. The zero-order valence-corrected chi connectivity index (χ0v) is 34.1. The first-order valence-corrected chi connectivity index (χ1v) is 19.3. The number of carbonyl (C=O) groups excluding carboxylic acids is 4. The molecule has 1 heterocycles. The standard InChI is InChI=1S/C17H32O2.C14H21NO2.C10H16O5/c1-8-16(6,7)14(18)19-17(9-2)11-13(3)10-15(4,5)12-17;1-4-14(2,3)13(16)17-12-7-9-5-10(12)6-11(9)8-15;1-4-10(2,3)8(11)13-5-7-6-14-9(12)15-7/h13H,8-12H2,1-7H3;9-12H,4-7H2,1-3H3;7H,4-6H2,1-3H3. The third-order valence-electron chi connectivity index (χ3n) is 12.0. The van der Waals surface area contributed by atoms with Crippen LogP contribution in [0.25, 0.3) is 0 Å². The summed E-state index contributed by atoms with van der Waals surface area (Å²) in [5, 5.41) is 8.97. The second kappa shape index (κ2) is 17.8. The first-order chi connectivity index (χ1) is 23.5. The maximum absolute atomic E-state index is 12.4. The molecule has 3 saturated carbocycles. The van der Waals surface area contributed by atoms with Crippen molar-refractivity contribution in [3.05, 3.63) is 0 Å². The zero-order valence-electron chi connectivity index (χ0n) is 34.1. The number of rotatable bonds is 11. The van der Waals surface area contributed by atoms with Crippen LogP contribution in [0.4, 0.5) is 4.79 Å². The van der Waals surface area contributed by atoms with Crippen molar-refractivity contribution in [1.82, 2.24) is 0 Å². The molecule has 4 fully saturated rings. The van der Waals surface area contributed by atoms with Crippen molar-refractivity contribution < 1.29 is 42.9 Å². The molecule has 0 spiro atoms. The van der Waals surface area contributed by atoms with E-state index in [1.54, 1.807) is 0 Å². The molecule has 0 amide bonds. The lowest BCUT2D eigenvalue weighted by Crippen LogP contribution is -2.47. The predicted octanol–water partition coefficient (Wildman–Crippen LogP) is 9.37. The van der Waals surface area contributed by atoms with Crippen LogP contribution in [-0.4, -0.2) is 55.1 Å². The number of hydrogen-bond acceptors (Lipinski definition) is 10. The van der Waals surface area contributed by atoms with Crippen LogP contribution in [0.2, 0.25) is 0 Å². The Hall–Kier alpha value is -2.83. The van der Waals surface area contributed by atoms with Crippen molar-refractivity contribution in [2.45, 2.75) is 172 Å². The second-order valence-corrected chi connectivity index (χ2v) is 18.3. The molecule has 7 atom stereocenters. The quantitative estimate of drug-likeness (QED) is 0.150. The van der Waals surface area contributed by atoms with Gasteiger partial charge in [0.15, 0.2) is 6.10 Å². The fourth-order valence-corrected chi connectivity index (χ4v) is 7.49. The number of fused-ring (bicyclic) bond motifs is 2. The lowest BCUT2D eigenvalue weighted by Gasteiger charge is -2.47. The summed E-state index contributed by atoms with van der Waals surface area (Å²) in [6, 6.07) is 2.37. The average molecular weight is 720 g/mol. The Kier molecular flexibility index (Phi) is 15.5. The highest BCUT2D eigenvalue weighted by Gasteiger charge is 2.49. The molecule has 0 aromatic rings. The van der Waals surface area contributed by atoms with Gasteiger partial charge in [-0.2, -0.15) is 5.26 Å². The molecule has 292 valence electrons. The fraction of sp³-hybridized carbons (Fsp3) is 0.878. The van der Waals surface area contributed by atoms with E-state index >= 15 is 0 Å². The van der Waals surface area contributed by atoms with Gasteiger partial charge in [-0.3, -0.25) is 14.4 Å². The van der Waals surface area contributed by atoms with Gasteiger partial charge in [-0.25, -0.2) is 4.79 Å². The predicted molar refractivity (Wildman–Crippen MR) is 195 cm³/mol. The molecule has 4 aliphatic rings. The van der Waals surface area contributed by atoms with E-state index in [1.165, 1.54) is 6.42 Å². The van der Waals surface area contributed by atoms with Crippen molar-refractivity contribution in [3.8, 4) is 6.07 Å². The fourth-order valence-electron chi connectivity index (χ4n) is 7.49. The van der Waals surface area contributed by atoms with Crippen molar-refractivity contribution in [2.24, 2.45) is 45.3 Å². The maximum atomic E-state index is 12.4. The van der Waals surface area contributed by atoms with Crippen molar-refractivity contribution in [2.75, 3.05) is 13.2 Å². The highest BCUT2D eigenvalue weighted by molar-refractivity contribution is 5.77. The van der Waals surface area contributed by atoms with Gasteiger partial charge >= 0.3 is 24.1 Å². The number of esters is 3. The molecule has 0 aromatic heterocycles. The largest absolute Gasteiger partial charge is 0.508 e. The molecule has 10 heteroatoms. The molecule has 2 bridgehead atoms. The van der Waals surface area contributed by atoms with E-state index < -0.39 is 17.7 Å². The Morgan fingerprint density at radius 3 is 1.86 bits per heavy atom. The van der Waals surface area contributed by atoms with Crippen LogP contribution in [0.3, 0.4) is 0 Å². The van der Waals surface area contributed by atoms with Gasteiger partial charge < -0.3 is 23.7 Å². The van der Waals surface area contributed by atoms with Gasteiger partial charge in [-0.15, -0.1) is 0 Å². The van der Waals surface area contributed by atoms with E-state index in [2.05, 4.69) is 38.5 Å². The molecular weight excluding hydrogens is 650 g/mol. The summed E-state index contributed by atoms with van der Waals surface area (Å²) in [6.07, 6.45) is 8.27. The zero-order chi connectivity index (χ0) is 39.0. The van der Waals surface area contributed by atoms with Crippen LogP contribution in [0.5, 0.6) is 0 Å². The van der Waals surface area contributed by atoms with Crippen LogP contribution in [0.15, 0.2) is 0 Å². The first kappa shape index (κ1) is 44.3. The van der Waals surface area contributed by atoms with Crippen LogP contribution in [-0.2, 0) is 38.1 Å². The average Bonchev–Trinajstić information content (AvgIpc) is 3.78. The molecule has 7 unspecified atom stereocenters. The van der Waals surface area contributed by atoms with Crippen LogP contribution >= 0.6 is 0 Å². The van der Waals surface area contributed by atoms with Gasteiger partial charge in [0.2, 0.25) is 0 Å². The molecule has 10 nitrogen and oxygen atoms in total. The smallest absolute Gasteiger partial charge is 0.462 e. The van der Waals surface area contributed by atoms with Gasteiger partial charge in [0.05, 0.1) is 22.3 Å². The number of nitriles is 1. The lowest BCUT2D eigenvalue weighted by atomic mass is 9.65. The minimum atomic E-state index is -0.703. The molecule has 0 aromatic carbocycles. The van der Waals surface area contributed by atoms with E-state index in [0.29, 0.717) is 24.2 Å². The summed E-state index contributed by atoms with van der Waals surface area (Å²) in [4.78, 5) is 46.5. The maximum Gasteiger partial charge on any atom is 0.508 e. The summed E-state index contributed by atoms with van der Waals surface area (Å²) < 4.78 is 26.0. The SMILES string of the molecule is CCC(C)(C)C(=O)OC1CC2CC1CC2C#N.CCC(C)(C)C(=O)OCC1COC(=O)O1.CCC1(OC(=O)C(C)(C)CC)CC(C)CC(C)(C)C1. The molecule has 4 rings (SSSR count). The van der Waals surface area contributed by atoms with Gasteiger partial charge in [-0.05, 0) is 129 Å². The molecule has 1 aliphatic heterocycles. The number of cyclic esters (lactones) is 2. The van der Waals surface area contributed by atoms with Crippen LogP contribution in [0, 0.1) is 56.7 Å². The highest BCUT2D eigenvalue weighted by Crippen LogP contribution is 2.50. The summed E-state index contributed by atoms with van der Waals surface area (Å²) >= 11 is 0. The third kappa shape index (κ3) is 12.4. The van der Waals surface area contributed by atoms with Crippen LogP contribution < -0.4 is 0 Å². The normalized spacial score (nSPS) is 29.5. The molecule has 0 N–H and O–H groups in total. The first-order valence-electron chi connectivity index (χ1n) is 19.3. The minimum absolute atomic E-state index is 0.0262. The Morgan fingerprint density at radius 1 is 0.843 bits per heavy atom. The lowest BCUT2D eigenvalue weighted by molar-refractivity contribution is -0.181. The van der Waals surface area contributed by atoms with Gasteiger partial charge in [0.25, 0.3) is 0 Å². The van der Waals surface area contributed by atoms with Gasteiger partial charge in [0.1, 0.15) is 24.9 Å². The van der Waals surface area contributed by atoms with E-state index in [0.717, 1.165) is 51.4 Å². The number of hydrogen-bond donors (Lipinski definition) is 0. The summed E-state index contributed by atoms with van der Waals surface area (Å²) in [6.45, 7) is 26.7. The van der Waals surface area contributed by atoms with E-state index in [-0.39, 0.29) is 65.0 Å². The van der Waals surface area contributed by atoms with E-state index in [4.69, 9.17) is 24.2 Å². The number of ether oxygens (including phenoxy) is 5. The van der Waals surface area contributed by atoms with Crippen LogP contribution in [0.1, 0.15) is 154 Å². The summed E-state index contributed by atoms with van der Waals surface area (Å²) in [7, 11) is 0. The Labute approximate surface area is 308 Å². The minimum Gasteiger partial charge on any atom is -0.462 e. The molecule has 51 heavy (non-hydrogen) atoms. The molecule has 1 saturated heterocycles. The molecule has 3 aliphatic carbocycles. The Morgan fingerprint density at radius 2 is 1.41 bits per heavy atom. The Balaban J connectivity index is 0.000000267. The highest BCUT2D eigenvalue weighted by atomic mass is 16.8. The number of carbonyl (C=O) groups is 4. The number of nitrogens with zero attached hydrogens (tertiary/aromatic N) is 1. The van der Waals surface area contributed by atoms with Crippen molar-refractivity contribution >= 4 is 24.1 Å². The summed E-state index contributed by atoms with van der Waals surface area (Å²) in [5.74, 6) is 1.34. The third-order valence-corrected chi connectivity index (χ3v) is 12.0. The van der Waals surface area contributed by atoms with Gasteiger partial charge in [-0.1, -0.05) is 48.5 Å². The van der Waals surface area contributed by atoms with Crippen molar-refractivity contribution in [3.63, 3.8) is 0 Å². The molecular formula is C41H69NO9. The monoisotopic (exact) mass is 719 g/mol. The topological polar surface area (TPSA) is 138 Å². The van der Waals surface area contributed by atoms with E-state index in [9.17, 15) is 19.2 Å².